The van der Waals surface area contributed by atoms with E-state index in [0.29, 0.717) is 36.1 Å². The van der Waals surface area contributed by atoms with Crippen molar-refractivity contribution in [1.29, 1.82) is 0 Å². The highest BCUT2D eigenvalue weighted by atomic mass is 32.1. The number of hydrogen-bond acceptors (Lipinski definition) is 6. The molecule has 0 bridgehead atoms. The largest absolute Gasteiger partial charge is 0.374 e. The van der Waals surface area contributed by atoms with Gasteiger partial charge in [-0.05, 0) is 18.4 Å². The molecule has 25 heavy (non-hydrogen) atoms. The number of amides is 2. The number of carbonyl (C=O) groups is 2. The van der Waals surface area contributed by atoms with E-state index >= 15 is 0 Å². The molecule has 1 fully saturated rings. The van der Waals surface area contributed by atoms with Crippen molar-refractivity contribution in [3.63, 3.8) is 0 Å². The first-order valence-electron chi connectivity index (χ1n) is 8.24. The van der Waals surface area contributed by atoms with Crippen molar-refractivity contribution in [2.45, 2.75) is 25.8 Å². The van der Waals surface area contributed by atoms with E-state index in [1.807, 2.05) is 30.3 Å². The summed E-state index contributed by atoms with van der Waals surface area (Å²) in [4.78, 5) is 26.0. The van der Waals surface area contributed by atoms with Gasteiger partial charge in [0.2, 0.25) is 16.9 Å². The number of rotatable bonds is 4. The molecule has 1 aromatic heterocycles. The lowest BCUT2D eigenvalue weighted by molar-refractivity contribution is -0.134. The number of anilines is 1. The summed E-state index contributed by atoms with van der Waals surface area (Å²) >= 11 is 1.27. The van der Waals surface area contributed by atoms with E-state index in [0.717, 1.165) is 5.56 Å². The van der Waals surface area contributed by atoms with E-state index in [1.165, 1.54) is 11.3 Å². The fraction of sp³-hybridized carbons (Fsp3) is 0.412. The molecule has 0 radical (unpaired) electrons. The Morgan fingerprint density at radius 1 is 1.24 bits per heavy atom. The van der Waals surface area contributed by atoms with Gasteiger partial charge in [-0.3, -0.25) is 9.59 Å². The third kappa shape index (κ3) is 4.14. The Kier molecular flexibility index (Phi) is 5.28. The Balaban J connectivity index is 1.72. The van der Waals surface area contributed by atoms with Gasteiger partial charge in [0.25, 0.3) is 0 Å². The van der Waals surface area contributed by atoms with Crippen LogP contribution in [0.1, 0.15) is 36.4 Å². The molecule has 132 valence electrons. The monoisotopic (exact) mass is 359 g/mol. The molecule has 0 spiro atoms. The van der Waals surface area contributed by atoms with Crippen LogP contribution in [0.15, 0.2) is 30.3 Å². The van der Waals surface area contributed by atoms with E-state index in [-0.39, 0.29) is 23.8 Å². The van der Waals surface area contributed by atoms with E-state index < -0.39 is 0 Å². The first-order chi connectivity index (χ1) is 12.0. The van der Waals surface area contributed by atoms with Crippen LogP contribution in [0.2, 0.25) is 0 Å². The maximum absolute atomic E-state index is 12.7. The number of nitrogens with zero attached hydrogens (tertiary/aromatic N) is 3. The second kappa shape index (κ2) is 7.60. The van der Waals surface area contributed by atoms with Crippen molar-refractivity contribution in [2.24, 2.45) is 5.92 Å². The molecule has 1 atom stereocenters. The summed E-state index contributed by atoms with van der Waals surface area (Å²) in [5.74, 6) is -0.0664. The first-order valence-corrected chi connectivity index (χ1v) is 9.06. The Bertz CT molecular complexity index is 741. The lowest BCUT2D eigenvalue weighted by Gasteiger charge is -2.31. The number of nitrogen functional groups attached to an aromatic ring is 1. The fourth-order valence-electron chi connectivity index (χ4n) is 3.01. The van der Waals surface area contributed by atoms with Gasteiger partial charge in [0.1, 0.15) is 11.0 Å². The van der Waals surface area contributed by atoms with Crippen molar-refractivity contribution < 1.29 is 9.59 Å². The highest BCUT2D eigenvalue weighted by Crippen LogP contribution is 2.27. The third-order valence-electron chi connectivity index (χ3n) is 4.43. The van der Waals surface area contributed by atoms with Crippen molar-refractivity contribution in [3.05, 3.63) is 40.9 Å². The van der Waals surface area contributed by atoms with Crippen LogP contribution in [0.5, 0.6) is 0 Å². The summed E-state index contributed by atoms with van der Waals surface area (Å²) in [5.41, 5.74) is 6.64. The number of likely N-dealkylation sites (tertiary alicyclic amines) is 1. The van der Waals surface area contributed by atoms with Crippen LogP contribution in [0.25, 0.3) is 0 Å². The van der Waals surface area contributed by atoms with Gasteiger partial charge in [-0.25, -0.2) is 0 Å². The molecule has 0 aliphatic carbocycles. The molecule has 3 rings (SSSR count). The highest BCUT2D eigenvalue weighted by molar-refractivity contribution is 7.15. The second-order valence-electron chi connectivity index (χ2n) is 6.11. The predicted molar refractivity (Wildman–Crippen MR) is 95.7 cm³/mol. The van der Waals surface area contributed by atoms with Gasteiger partial charge in [-0.1, -0.05) is 41.7 Å². The fourth-order valence-corrected chi connectivity index (χ4v) is 3.70. The number of benzene rings is 1. The zero-order chi connectivity index (χ0) is 17.8. The number of aromatic nitrogens is 2. The number of carbonyl (C=O) groups excluding carboxylic acids is 2. The third-order valence-corrected chi connectivity index (χ3v) is 5.25. The van der Waals surface area contributed by atoms with Crippen LogP contribution in [0, 0.1) is 5.92 Å². The smallest absolute Gasteiger partial charge is 0.224 e. The minimum Gasteiger partial charge on any atom is -0.374 e. The van der Waals surface area contributed by atoms with Gasteiger partial charge in [0.05, 0.1) is 0 Å². The van der Waals surface area contributed by atoms with Crippen LogP contribution in [-0.4, -0.2) is 40.0 Å². The molecular weight excluding hydrogens is 338 g/mol. The minimum absolute atomic E-state index is 0.0224. The summed E-state index contributed by atoms with van der Waals surface area (Å²) in [6.07, 6.45) is 1.34. The summed E-state index contributed by atoms with van der Waals surface area (Å²) in [5, 5.41) is 12.1. The van der Waals surface area contributed by atoms with Gasteiger partial charge in [-0.15, -0.1) is 10.2 Å². The number of hydrogen-bond donors (Lipinski definition) is 2. The zero-order valence-electron chi connectivity index (χ0n) is 14.0. The van der Waals surface area contributed by atoms with E-state index in [9.17, 15) is 9.59 Å². The quantitative estimate of drug-likeness (QED) is 0.863. The molecule has 2 heterocycles. The molecule has 2 aromatic rings. The highest BCUT2D eigenvalue weighted by Gasteiger charge is 2.29. The zero-order valence-corrected chi connectivity index (χ0v) is 14.8. The summed E-state index contributed by atoms with van der Waals surface area (Å²) < 4.78 is 0. The Morgan fingerprint density at radius 2 is 1.92 bits per heavy atom. The van der Waals surface area contributed by atoms with Gasteiger partial charge in [0.15, 0.2) is 0 Å². The minimum atomic E-state index is -0.366. The number of nitrogens with two attached hydrogens (primary N) is 1. The predicted octanol–water partition coefficient (Wildman–Crippen LogP) is 1.58. The lowest BCUT2D eigenvalue weighted by atomic mass is 9.95. The molecule has 3 N–H and O–H groups in total. The van der Waals surface area contributed by atoms with Crippen molar-refractivity contribution in [3.8, 4) is 0 Å². The second-order valence-corrected chi connectivity index (χ2v) is 7.15. The first kappa shape index (κ1) is 17.3. The molecule has 1 aliphatic heterocycles. The molecule has 1 saturated heterocycles. The Morgan fingerprint density at radius 3 is 2.48 bits per heavy atom. The average Bonchev–Trinajstić information content (AvgIpc) is 3.06. The van der Waals surface area contributed by atoms with Crippen molar-refractivity contribution in [2.75, 3.05) is 18.8 Å². The molecule has 8 heteroatoms. The van der Waals surface area contributed by atoms with Crippen LogP contribution < -0.4 is 11.1 Å². The van der Waals surface area contributed by atoms with Crippen molar-refractivity contribution in [1.82, 2.24) is 20.4 Å². The van der Waals surface area contributed by atoms with Gasteiger partial charge < -0.3 is 16.0 Å². The topological polar surface area (TPSA) is 101 Å². The van der Waals surface area contributed by atoms with E-state index in [2.05, 4.69) is 15.5 Å². The SMILES string of the molecule is CC(=O)N1CCC(C(=O)N[C@H](c2ccccc2)c2nnc(N)s2)CC1. The molecule has 1 aromatic carbocycles. The Hall–Kier alpha value is -2.48. The number of nitrogens with one attached hydrogen (secondary N) is 1. The average molecular weight is 359 g/mol. The molecular formula is C17H21N5O2S. The van der Waals surface area contributed by atoms with Gasteiger partial charge in [-0.2, -0.15) is 0 Å². The summed E-state index contributed by atoms with van der Waals surface area (Å²) in [6, 6.07) is 9.29. The maximum Gasteiger partial charge on any atom is 0.224 e. The number of piperidine rings is 1. The molecule has 7 nitrogen and oxygen atoms in total. The summed E-state index contributed by atoms with van der Waals surface area (Å²) in [6.45, 7) is 2.80. The normalized spacial score (nSPS) is 16.4. The Labute approximate surface area is 150 Å². The van der Waals surface area contributed by atoms with Gasteiger partial charge in [0, 0.05) is 25.9 Å². The molecule has 1 aliphatic rings. The van der Waals surface area contributed by atoms with Crippen molar-refractivity contribution >= 4 is 28.3 Å². The van der Waals surface area contributed by atoms with Crippen LogP contribution >= 0.6 is 11.3 Å². The van der Waals surface area contributed by atoms with Crippen LogP contribution in [0.4, 0.5) is 5.13 Å². The van der Waals surface area contributed by atoms with Crippen LogP contribution in [0.3, 0.4) is 0 Å². The van der Waals surface area contributed by atoms with Crippen LogP contribution in [-0.2, 0) is 9.59 Å². The standard InChI is InChI=1S/C17H21N5O2S/c1-11(23)22-9-7-13(8-10-22)15(24)19-14(12-5-3-2-4-6-12)16-20-21-17(18)25-16/h2-6,13-14H,7-10H2,1H3,(H2,18,21)(H,19,24)/t14-/m1/s1. The van der Waals surface area contributed by atoms with E-state index in [4.69, 9.17) is 5.73 Å². The van der Waals surface area contributed by atoms with Gasteiger partial charge >= 0.3 is 0 Å². The molecule has 0 saturated carbocycles. The summed E-state index contributed by atoms with van der Waals surface area (Å²) in [7, 11) is 0. The molecule has 2 amide bonds. The van der Waals surface area contributed by atoms with E-state index in [1.54, 1.807) is 11.8 Å². The maximum atomic E-state index is 12.7. The molecule has 0 unspecified atom stereocenters. The lowest BCUT2D eigenvalue weighted by Crippen LogP contribution is -2.43.